The smallest absolute Gasteiger partial charge is 0.263 e. The Kier molecular flexibility index (Phi) is 6.33. The Morgan fingerprint density at radius 1 is 1.11 bits per heavy atom. The van der Waals surface area contributed by atoms with Crippen LogP contribution in [0.2, 0.25) is 0 Å². The average molecular weight is 374 g/mol. The molecular weight excluding hydrogens is 348 g/mol. The maximum absolute atomic E-state index is 12.5. The van der Waals surface area contributed by atoms with E-state index < -0.39 is 0 Å². The molecule has 3 rings (SSSR count). The van der Waals surface area contributed by atoms with Gasteiger partial charge in [0.25, 0.3) is 5.91 Å². The van der Waals surface area contributed by atoms with Gasteiger partial charge in [-0.25, -0.2) is 0 Å². The highest BCUT2D eigenvalue weighted by Gasteiger charge is 2.19. The lowest BCUT2D eigenvalue weighted by Crippen LogP contribution is -2.44. The lowest BCUT2D eigenvalue weighted by Gasteiger charge is -2.35. The summed E-state index contributed by atoms with van der Waals surface area (Å²) < 4.78 is 0. The van der Waals surface area contributed by atoms with E-state index in [1.807, 2.05) is 37.3 Å². The summed E-state index contributed by atoms with van der Waals surface area (Å²) in [4.78, 5) is 16.9. The second kappa shape index (κ2) is 9.09. The molecule has 1 aliphatic rings. The Bertz CT molecular complexity index is 877. The molecule has 1 heterocycles. The zero-order chi connectivity index (χ0) is 19.9. The van der Waals surface area contributed by atoms with Gasteiger partial charge in [-0.15, -0.1) is 0 Å². The van der Waals surface area contributed by atoms with Crippen molar-refractivity contribution in [2.24, 2.45) is 0 Å². The van der Waals surface area contributed by atoms with Crippen molar-refractivity contribution in [2.45, 2.75) is 19.9 Å². The van der Waals surface area contributed by atoms with Gasteiger partial charge in [-0.05, 0) is 37.1 Å². The first-order valence-corrected chi connectivity index (χ1v) is 9.60. The summed E-state index contributed by atoms with van der Waals surface area (Å²) in [6.45, 7) is 7.29. The fourth-order valence-electron chi connectivity index (χ4n) is 3.35. The van der Waals surface area contributed by atoms with Gasteiger partial charge in [-0.1, -0.05) is 42.5 Å². The molecule has 1 saturated heterocycles. The van der Waals surface area contributed by atoms with Crippen LogP contribution in [0.4, 0.5) is 5.69 Å². The van der Waals surface area contributed by atoms with E-state index in [1.165, 1.54) is 11.3 Å². The maximum Gasteiger partial charge on any atom is 0.263 e. The van der Waals surface area contributed by atoms with E-state index >= 15 is 0 Å². The third kappa shape index (κ3) is 4.92. The summed E-state index contributed by atoms with van der Waals surface area (Å²) >= 11 is 0. The van der Waals surface area contributed by atoms with E-state index in [4.69, 9.17) is 0 Å². The van der Waals surface area contributed by atoms with E-state index in [9.17, 15) is 10.1 Å². The number of aryl methyl sites for hydroxylation is 1. The fraction of sp³-hybridized carbons (Fsp3) is 0.304. The predicted octanol–water partition coefficient (Wildman–Crippen LogP) is 3.40. The molecule has 5 heteroatoms. The number of carbonyl (C=O) groups excluding carboxylic acids is 1. The first-order chi connectivity index (χ1) is 13.6. The van der Waals surface area contributed by atoms with E-state index in [0.29, 0.717) is 0 Å². The standard InChI is InChI=1S/C23H26N4O/c1-18-7-6-10-22(15-18)27-13-11-26(12-14-27)17-21(16-24)23(28)25-19(2)20-8-4-3-5-9-20/h3-10,15,17,19H,11-14H2,1-2H3,(H,25,28)/b21-17-. The zero-order valence-corrected chi connectivity index (χ0v) is 16.4. The Hall–Kier alpha value is -3.26. The number of anilines is 1. The molecule has 1 N–H and O–H groups in total. The van der Waals surface area contributed by atoms with Crippen LogP contribution in [0.3, 0.4) is 0 Å². The monoisotopic (exact) mass is 374 g/mol. The zero-order valence-electron chi connectivity index (χ0n) is 16.4. The van der Waals surface area contributed by atoms with E-state index in [2.05, 4.69) is 52.4 Å². The van der Waals surface area contributed by atoms with Gasteiger partial charge in [0.1, 0.15) is 11.6 Å². The van der Waals surface area contributed by atoms with Crippen molar-refractivity contribution in [3.8, 4) is 6.07 Å². The Morgan fingerprint density at radius 3 is 2.46 bits per heavy atom. The third-order valence-corrected chi connectivity index (χ3v) is 5.00. The number of hydrogen-bond acceptors (Lipinski definition) is 4. The van der Waals surface area contributed by atoms with Crippen LogP contribution in [0.15, 0.2) is 66.4 Å². The van der Waals surface area contributed by atoms with E-state index in [0.717, 1.165) is 31.7 Å². The van der Waals surface area contributed by atoms with Gasteiger partial charge in [0.05, 0.1) is 6.04 Å². The quantitative estimate of drug-likeness (QED) is 0.644. The number of benzene rings is 2. The number of nitriles is 1. The average Bonchev–Trinajstić information content (AvgIpc) is 2.73. The summed E-state index contributed by atoms with van der Waals surface area (Å²) in [5.74, 6) is -0.333. The summed E-state index contributed by atoms with van der Waals surface area (Å²) in [5, 5.41) is 12.4. The minimum atomic E-state index is -0.333. The number of amides is 1. The molecule has 28 heavy (non-hydrogen) atoms. The van der Waals surface area contributed by atoms with Crippen molar-refractivity contribution in [1.82, 2.24) is 10.2 Å². The molecule has 144 valence electrons. The van der Waals surface area contributed by atoms with Crippen molar-refractivity contribution in [2.75, 3.05) is 31.1 Å². The third-order valence-electron chi connectivity index (χ3n) is 5.00. The van der Waals surface area contributed by atoms with Crippen LogP contribution >= 0.6 is 0 Å². The van der Waals surface area contributed by atoms with Crippen LogP contribution in [0.5, 0.6) is 0 Å². The van der Waals surface area contributed by atoms with Crippen molar-refractivity contribution in [3.05, 3.63) is 77.5 Å². The molecular formula is C23H26N4O. The van der Waals surface area contributed by atoms with Crippen LogP contribution in [-0.4, -0.2) is 37.0 Å². The van der Waals surface area contributed by atoms with E-state index in [-0.39, 0.29) is 17.5 Å². The Morgan fingerprint density at radius 2 is 1.82 bits per heavy atom. The number of hydrogen-bond donors (Lipinski definition) is 1. The van der Waals surface area contributed by atoms with Crippen LogP contribution in [0.1, 0.15) is 24.1 Å². The number of rotatable bonds is 5. The van der Waals surface area contributed by atoms with Crippen molar-refractivity contribution in [1.29, 1.82) is 5.26 Å². The molecule has 1 aliphatic heterocycles. The van der Waals surface area contributed by atoms with Gasteiger partial charge in [0.2, 0.25) is 0 Å². The summed E-state index contributed by atoms with van der Waals surface area (Å²) in [6.07, 6.45) is 1.70. The molecule has 0 aromatic heterocycles. The molecule has 0 radical (unpaired) electrons. The second-order valence-corrected chi connectivity index (χ2v) is 7.12. The predicted molar refractivity (Wildman–Crippen MR) is 112 cm³/mol. The van der Waals surface area contributed by atoms with Crippen molar-refractivity contribution >= 4 is 11.6 Å². The number of piperazine rings is 1. The van der Waals surface area contributed by atoms with Crippen LogP contribution in [-0.2, 0) is 4.79 Å². The molecule has 1 atom stereocenters. The SMILES string of the molecule is Cc1cccc(N2CCN(/C=C(/C#N)C(=O)NC(C)c3ccccc3)CC2)c1. The molecule has 0 bridgehead atoms. The lowest BCUT2D eigenvalue weighted by atomic mass is 10.1. The first-order valence-electron chi connectivity index (χ1n) is 9.60. The van der Waals surface area contributed by atoms with E-state index in [1.54, 1.807) is 6.20 Å². The Labute approximate surface area is 166 Å². The molecule has 2 aromatic carbocycles. The van der Waals surface area contributed by atoms with Crippen molar-refractivity contribution < 1.29 is 4.79 Å². The largest absolute Gasteiger partial charge is 0.373 e. The number of nitrogens with one attached hydrogen (secondary N) is 1. The van der Waals surface area contributed by atoms with Gasteiger partial charge >= 0.3 is 0 Å². The number of carbonyl (C=O) groups is 1. The summed E-state index contributed by atoms with van der Waals surface area (Å²) in [5.41, 5.74) is 3.63. The highest BCUT2D eigenvalue weighted by molar-refractivity contribution is 5.97. The summed E-state index contributed by atoms with van der Waals surface area (Å²) in [6, 6.07) is 20.1. The van der Waals surface area contributed by atoms with Crippen LogP contribution in [0.25, 0.3) is 0 Å². The highest BCUT2D eigenvalue weighted by Crippen LogP contribution is 2.18. The van der Waals surface area contributed by atoms with Gasteiger partial charge < -0.3 is 15.1 Å². The molecule has 1 amide bonds. The molecule has 0 spiro atoms. The van der Waals surface area contributed by atoms with Gasteiger partial charge in [-0.3, -0.25) is 4.79 Å². The number of nitrogens with zero attached hydrogens (tertiary/aromatic N) is 3. The van der Waals surface area contributed by atoms with Crippen molar-refractivity contribution in [3.63, 3.8) is 0 Å². The molecule has 2 aromatic rings. The normalized spacial score (nSPS) is 15.7. The van der Waals surface area contributed by atoms with Crippen LogP contribution < -0.4 is 10.2 Å². The fourth-order valence-corrected chi connectivity index (χ4v) is 3.35. The topological polar surface area (TPSA) is 59.4 Å². The molecule has 0 saturated carbocycles. The van der Waals surface area contributed by atoms with Gasteiger partial charge in [0, 0.05) is 38.1 Å². The molecule has 5 nitrogen and oxygen atoms in total. The highest BCUT2D eigenvalue weighted by atomic mass is 16.1. The summed E-state index contributed by atoms with van der Waals surface area (Å²) in [7, 11) is 0. The first kappa shape index (κ1) is 19.5. The van der Waals surface area contributed by atoms with Gasteiger partial charge in [0.15, 0.2) is 0 Å². The maximum atomic E-state index is 12.5. The lowest BCUT2D eigenvalue weighted by molar-refractivity contribution is -0.117. The van der Waals surface area contributed by atoms with Crippen LogP contribution in [0, 0.1) is 18.3 Å². The molecule has 1 fully saturated rings. The van der Waals surface area contributed by atoms with Gasteiger partial charge in [-0.2, -0.15) is 5.26 Å². The minimum Gasteiger partial charge on any atom is -0.373 e. The molecule has 1 unspecified atom stereocenters. The minimum absolute atomic E-state index is 0.145. The Balaban J connectivity index is 1.59. The molecule has 0 aliphatic carbocycles. The second-order valence-electron chi connectivity index (χ2n) is 7.12.